The predicted molar refractivity (Wildman–Crippen MR) is 70.1 cm³/mol. The molecule has 0 bridgehead atoms. The number of hydrogen-bond donors (Lipinski definition) is 1. The van der Waals surface area contributed by atoms with Gasteiger partial charge in [-0.1, -0.05) is 22.9 Å². The third-order valence-electron chi connectivity index (χ3n) is 4.10. The minimum Gasteiger partial charge on any atom is -0.487 e. The summed E-state index contributed by atoms with van der Waals surface area (Å²) in [6.45, 7) is 2.16. The SMILES string of the molecule is CCC1(C2CC2)CC(O)c2cc(Br)ccc2O1. The van der Waals surface area contributed by atoms with Crippen molar-refractivity contribution in [1.82, 2.24) is 0 Å². The van der Waals surface area contributed by atoms with Gasteiger partial charge in [0.2, 0.25) is 0 Å². The smallest absolute Gasteiger partial charge is 0.126 e. The first-order chi connectivity index (χ1) is 8.14. The van der Waals surface area contributed by atoms with Crippen LogP contribution in [-0.2, 0) is 0 Å². The number of rotatable bonds is 2. The van der Waals surface area contributed by atoms with Gasteiger partial charge in [0.15, 0.2) is 0 Å². The molecule has 17 heavy (non-hydrogen) atoms. The summed E-state index contributed by atoms with van der Waals surface area (Å²) >= 11 is 3.44. The van der Waals surface area contributed by atoms with E-state index in [1.165, 1.54) is 12.8 Å². The zero-order chi connectivity index (χ0) is 12.0. The predicted octanol–water partition coefficient (Wildman–Crippen LogP) is 3.82. The van der Waals surface area contributed by atoms with Crippen molar-refractivity contribution in [3.8, 4) is 5.75 Å². The van der Waals surface area contributed by atoms with Gasteiger partial charge in [0.1, 0.15) is 11.4 Å². The Morgan fingerprint density at radius 3 is 2.88 bits per heavy atom. The Morgan fingerprint density at radius 1 is 1.47 bits per heavy atom. The molecule has 2 aliphatic rings. The lowest BCUT2D eigenvalue weighted by molar-refractivity contribution is -0.0328. The van der Waals surface area contributed by atoms with E-state index in [4.69, 9.17) is 4.74 Å². The number of aliphatic hydroxyl groups excluding tert-OH is 1. The van der Waals surface area contributed by atoms with Crippen LogP contribution in [0.5, 0.6) is 5.75 Å². The number of ether oxygens (including phenoxy) is 1. The lowest BCUT2D eigenvalue weighted by atomic mass is 9.83. The molecule has 1 N–H and O–H groups in total. The summed E-state index contributed by atoms with van der Waals surface area (Å²) in [7, 11) is 0. The van der Waals surface area contributed by atoms with Gasteiger partial charge < -0.3 is 9.84 Å². The van der Waals surface area contributed by atoms with Crippen LogP contribution >= 0.6 is 15.9 Å². The maximum atomic E-state index is 10.3. The second-order valence-corrected chi connectivity index (χ2v) is 6.11. The fraction of sp³-hybridized carbons (Fsp3) is 0.571. The average Bonchev–Trinajstić information content (AvgIpc) is 3.14. The van der Waals surface area contributed by atoms with Crippen molar-refractivity contribution >= 4 is 15.9 Å². The van der Waals surface area contributed by atoms with Crippen LogP contribution in [0, 0.1) is 5.92 Å². The Labute approximate surface area is 110 Å². The quantitative estimate of drug-likeness (QED) is 0.899. The summed E-state index contributed by atoms with van der Waals surface area (Å²) in [6.07, 6.45) is 3.80. The first-order valence-corrected chi connectivity index (χ1v) is 7.10. The van der Waals surface area contributed by atoms with Crippen LogP contribution < -0.4 is 4.74 Å². The Morgan fingerprint density at radius 2 is 2.24 bits per heavy atom. The van der Waals surface area contributed by atoms with E-state index in [1.807, 2.05) is 18.2 Å². The summed E-state index contributed by atoms with van der Waals surface area (Å²) < 4.78 is 7.23. The van der Waals surface area contributed by atoms with Gasteiger partial charge in [0.05, 0.1) is 6.10 Å². The Bertz CT molecular complexity index is 442. The normalized spacial score (nSPS) is 31.8. The first kappa shape index (κ1) is 11.5. The molecule has 1 aliphatic carbocycles. The van der Waals surface area contributed by atoms with Crippen LogP contribution in [-0.4, -0.2) is 10.7 Å². The highest BCUT2D eigenvalue weighted by atomic mass is 79.9. The van der Waals surface area contributed by atoms with Crippen molar-refractivity contribution in [3.05, 3.63) is 28.2 Å². The van der Waals surface area contributed by atoms with Gasteiger partial charge in [-0.2, -0.15) is 0 Å². The molecule has 92 valence electrons. The van der Waals surface area contributed by atoms with E-state index in [-0.39, 0.29) is 5.60 Å². The molecule has 0 spiro atoms. The van der Waals surface area contributed by atoms with Crippen molar-refractivity contribution in [3.63, 3.8) is 0 Å². The van der Waals surface area contributed by atoms with E-state index in [2.05, 4.69) is 22.9 Å². The van der Waals surface area contributed by atoms with E-state index in [0.29, 0.717) is 5.92 Å². The lowest BCUT2D eigenvalue weighted by Gasteiger charge is -2.41. The first-order valence-electron chi connectivity index (χ1n) is 6.31. The molecule has 0 aromatic heterocycles. The number of halogens is 1. The zero-order valence-electron chi connectivity index (χ0n) is 9.95. The van der Waals surface area contributed by atoms with Gasteiger partial charge >= 0.3 is 0 Å². The fourth-order valence-corrected chi connectivity index (χ4v) is 3.31. The van der Waals surface area contributed by atoms with Crippen LogP contribution in [0.25, 0.3) is 0 Å². The van der Waals surface area contributed by atoms with Crippen LogP contribution in [0.3, 0.4) is 0 Å². The molecular formula is C14H17BrO2. The second-order valence-electron chi connectivity index (χ2n) is 5.20. The molecule has 0 radical (unpaired) electrons. The summed E-state index contributed by atoms with van der Waals surface area (Å²) in [4.78, 5) is 0. The van der Waals surface area contributed by atoms with Gasteiger partial charge in [-0.05, 0) is 43.4 Å². The van der Waals surface area contributed by atoms with Crippen LogP contribution in [0.15, 0.2) is 22.7 Å². The Kier molecular flexibility index (Phi) is 2.71. The standard InChI is InChI=1S/C14H17BrO2/c1-2-14(9-3-4-9)8-12(16)11-7-10(15)5-6-13(11)17-14/h5-7,9,12,16H,2-4,8H2,1H3. The van der Waals surface area contributed by atoms with Gasteiger partial charge in [0.25, 0.3) is 0 Å². The monoisotopic (exact) mass is 296 g/mol. The van der Waals surface area contributed by atoms with Crippen LogP contribution in [0.1, 0.15) is 44.3 Å². The minimum atomic E-state index is -0.392. The highest BCUT2D eigenvalue weighted by Crippen LogP contribution is 2.52. The lowest BCUT2D eigenvalue weighted by Crippen LogP contribution is -2.42. The largest absolute Gasteiger partial charge is 0.487 e. The highest BCUT2D eigenvalue weighted by molar-refractivity contribution is 9.10. The molecule has 2 unspecified atom stereocenters. The summed E-state index contributed by atoms with van der Waals surface area (Å²) in [5.74, 6) is 1.50. The number of fused-ring (bicyclic) bond motifs is 1. The van der Waals surface area contributed by atoms with Crippen molar-refractivity contribution in [1.29, 1.82) is 0 Å². The molecule has 1 heterocycles. The summed E-state index contributed by atoms with van der Waals surface area (Å²) in [5.41, 5.74) is 0.796. The van der Waals surface area contributed by atoms with Crippen LogP contribution in [0.4, 0.5) is 0 Å². The minimum absolute atomic E-state index is 0.125. The second kappa shape index (κ2) is 3.99. The Balaban J connectivity index is 1.99. The summed E-state index contributed by atoms with van der Waals surface area (Å²) in [6, 6.07) is 5.91. The molecule has 0 amide bonds. The maximum absolute atomic E-state index is 10.3. The molecule has 1 aliphatic heterocycles. The molecule has 1 aromatic rings. The number of benzene rings is 1. The average molecular weight is 297 g/mol. The van der Waals surface area contributed by atoms with Crippen molar-refractivity contribution in [2.45, 2.75) is 44.3 Å². The van der Waals surface area contributed by atoms with Gasteiger partial charge in [-0.3, -0.25) is 0 Å². The maximum Gasteiger partial charge on any atom is 0.126 e. The van der Waals surface area contributed by atoms with Crippen molar-refractivity contribution in [2.24, 2.45) is 5.92 Å². The van der Waals surface area contributed by atoms with Crippen molar-refractivity contribution < 1.29 is 9.84 Å². The third-order valence-corrected chi connectivity index (χ3v) is 4.60. The zero-order valence-corrected chi connectivity index (χ0v) is 11.5. The number of aliphatic hydroxyl groups is 1. The number of hydrogen-bond acceptors (Lipinski definition) is 2. The molecule has 1 aromatic carbocycles. The van der Waals surface area contributed by atoms with Crippen LogP contribution in [0.2, 0.25) is 0 Å². The van der Waals surface area contributed by atoms with Gasteiger partial charge in [-0.15, -0.1) is 0 Å². The van der Waals surface area contributed by atoms with E-state index >= 15 is 0 Å². The van der Waals surface area contributed by atoms with Gasteiger partial charge in [0, 0.05) is 16.5 Å². The molecule has 1 saturated carbocycles. The van der Waals surface area contributed by atoms with Gasteiger partial charge in [-0.25, -0.2) is 0 Å². The topological polar surface area (TPSA) is 29.5 Å². The molecular weight excluding hydrogens is 280 g/mol. The molecule has 2 atom stereocenters. The molecule has 0 saturated heterocycles. The molecule has 3 heteroatoms. The molecule has 2 nitrogen and oxygen atoms in total. The fourth-order valence-electron chi connectivity index (χ4n) is 2.94. The van der Waals surface area contributed by atoms with Crippen molar-refractivity contribution in [2.75, 3.05) is 0 Å². The highest BCUT2D eigenvalue weighted by Gasteiger charge is 2.49. The van der Waals surface area contributed by atoms with E-state index in [0.717, 1.165) is 28.6 Å². The van der Waals surface area contributed by atoms with E-state index in [1.54, 1.807) is 0 Å². The molecule has 3 rings (SSSR count). The van der Waals surface area contributed by atoms with E-state index < -0.39 is 6.10 Å². The Hall–Kier alpha value is -0.540. The van der Waals surface area contributed by atoms with E-state index in [9.17, 15) is 5.11 Å². The molecule has 1 fully saturated rings. The third kappa shape index (κ3) is 1.89. The summed E-state index contributed by atoms with van der Waals surface area (Å²) in [5, 5.41) is 10.3.